The van der Waals surface area contributed by atoms with E-state index in [-0.39, 0.29) is 5.56 Å². The van der Waals surface area contributed by atoms with E-state index in [4.69, 9.17) is 14.2 Å². The highest BCUT2D eigenvalue weighted by Gasteiger charge is 2.29. The lowest BCUT2D eigenvalue weighted by Gasteiger charge is -2.22. The number of aldehydes is 1. The standard InChI is InChI=1S/C17H21FO6/c1-16(2,3)23-14(20)12-11(18)8-7-10(9-19)13(12)22-15(21)24-17(4,5)6/h7-9H,1-6H3. The van der Waals surface area contributed by atoms with Gasteiger partial charge in [-0.25, -0.2) is 14.0 Å². The van der Waals surface area contributed by atoms with Crippen LogP contribution in [0.5, 0.6) is 5.75 Å². The molecule has 0 saturated carbocycles. The fourth-order valence-corrected chi connectivity index (χ4v) is 1.65. The van der Waals surface area contributed by atoms with Crippen molar-refractivity contribution < 1.29 is 33.0 Å². The summed E-state index contributed by atoms with van der Waals surface area (Å²) in [6.45, 7) is 9.61. The molecule has 1 aromatic carbocycles. The number of halogens is 1. The van der Waals surface area contributed by atoms with Crippen LogP contribution in [-0.4, -0.2) is 29.6 Å². The molecule has 0 bridgehead atoms. The lowest BCUT2D eigenvalue weighted by molar-refractivity contribution is 0.00557. The molecule has 0 radical (unpaired) electrons. The highest BCUT2D eigenvalue weighted by atomic mass is 19.1. The minimum absolute atomic E-state index is 0.178. The smallest absolute Gasteiger partial charge is 0.456 e. The Morgan fingerprint density at radius 2 is 1.54 bits per heavy atom. The number of ether oxygens (including phenoxy) is 3. The summed E-state index contributed by atoms with van der Waals surface area (Å²) in [5, 5.41) is 0. The van der Waals surface area contributed by atoms with Gasteiger partial charge in [0.2, 0.25) is 0 Å². The molecule has 1 aromatic rings. The lowest BCUT2D eigenvalue weighted by atomic mass is 10.1. The van der Waals surface area contributed by atoms with Gasteiger partial charge in [-0.2, -0.15) is 0 Å². The monoisotopic (exact) mass is 340 g/mol. The molecule has 0 aromatic heterocycles. The number of hydrogen-bond acceptors (Lipinski definition) is 6. The SMILES string of the molecule is CC(C)(C)OC(=O)Oc1c(C=O)ccc(F)c1C(=O)OC(C)(C)C. The van der Waals surface area contributed by atoms with Crippen LogP contribution in [0.25, 0.3) is 0 Å². The van der Waals surface area contributed by atoms with E-state index in [0.29, 0.717) is 6.29 Å². The Morgan fingerprint density at radius 1 is 1.00 bits per heavy atom. The van der Waals surface area contributed by atoms with Crippen molar-refractivity contribution in [3.63, 3.8) is 0 Å². The van der Waals surface area contributed by atoms with E-state index in [1.54, 1.807) is 41.5 Å². The second kappa shape index (κ2) is 6.98. The summed E-state index contributed by atoms with van der Waals surface area (Å²) in [7, 11) is 0. The van der Waals surface area contributed by atoms with Crippen molar-refractivity contribution in [2.45, 2.75) is 52.7 Å². The summed E-state index contributed by atoms with van der Waals surface area (Å²) in [5.41, 5.74) is -2.58. The summed E-state index contributed by atoms with van der Waals surface area (Å²) in [5.74, 6) is -2.57. The van der Waals surface area contributed by atoms with Gasteiger partial charge in [0.15, 0.2) is 12.0 Å². The molecule has 0 N–H and O–H groups in total. The lowest BCUT2D eigenvalue weighted by Crippen LogP contribution is -2.28. The van der Waals surface area contributed by atoms with Gasteiger partial charge in [-0.05, 0) is 53.7 Å². The van der Waals surface area contributed by atoms with E-state index >= 15 is 0 Å². The van der Waals surface area contributed by atoms with Crippen molar-refractivity contribution in [3.8, 4) is 5.75 Å². The Balaban J connectivity index is 3.30. The Hall–Kier alpha value is -2.44. The zero-order valence-electron chi connectivity index (χ0n) is 14.6. The fraction of sp³-hybridized carbons (Fsp3) is 0.471. The van der Waals surface area contributed by atoms with Crippen LogP contribution in [-0.2, 0) is 9.47 Å². The second-order valence-electron chi connectivity index (χ2n) is 7.03. The summed E-state index contributed by atoms with van der Waals surface area (Å²) in [4.78, 5) is 35.2. The van der Waals surface area contributed by atoms with Crippen LogP contribution in [0.3, 0.4) is 0 Å². The molecule has 0 spiro atoms. The number of hydrogen-bond donors (Lipinski definition) is 0. The zero-order chi connectivity index (χ0) is 18.7. The molecule has 132 valence electrons. The molecule has 1 rings (SSSR count). The van der Waals surface area contributed by atoms with Crippen molar-refractivity contribution in [3.05, 3.63) is 29.1 Å². The van der Waals surface area contributed by atoms with E-state index in [1.165, 1.54) is 0 Å². The first kappa shape index (κ1) is 19.6. The third kappa shape index (κ3) is 5.64. The van der Waals surface area contributed by atoms with Crippen LogP contribution in [0.1, 0.15) is 62.3 Å². The van der Waals surface area contributed by atoms with Crippen molar-refractivity contribution in [1.82, 2.24) is 0 Å². The largest absolute Gasteiger partial charge is 0.514 e. The summed E-state index contributed by atoms with van der Waals surface area (Å²) in [6, 6.07) is 2.01. The van der Waals surface area contributed by atoms with E-state index < -0.39 is 40.5 Å². The molecule has 0 heterocycles. The number of rotatable bonds is 3. The first-order valence-corrected chi connectivity index (χ1v) is 7.26. The molecule has 7 heteroatoms. The Morgan fingerprint density at radius 3 is 2.00 bits per heavy atom. The maximum Gasteiger partial charge on any atom is 0.514 e. The first-order valence-electron chi connectivity index (χ1n) is 7.26. The maximum atomic E-state index is 14.1. The number of carbonyl (C=O) groups excluding carboxylic acids is 3. The Labute approximate surface area is 139 Å². The molecule has 0 aliphatic rings. The first-order chi connectivity index (χ1) is 10.8. The molecule has 24 heavy (non-hydrogen) atoms. The molecule has 0 amide bonds. The van der Waals surface area contributed by atoms with Crippen molar-refractivity contribution >= 4 is 18.4 Å². The molecule has 0 aliphatic heterocycles. The van der Waals surface area contributed by atoms with Crippen molar-refractivity contribution in [1.29, 1.82) is 0 Å². The minimum Gasteiger partial charge on any atom is -0.456 e. The van der Waals surface area contributed by atoms with Crippen LogP contribution in [0.4, 0.5) is 9.18 Å². The average Bonchev–Trinajstić information content (AvgIpc) is 2.34. The quantitative estimate of drug-likeness (QED) is 0.471. The van der Waals surface area contributed by atoms with Gasteiger partial charge in [0.1, 0.15) is 22.6 Å². The molecule has 0 unspecified atom stereocenters. The third-order valence-electron chi connectivity index (χ3n) is 2.44. The zero-order valence-corrected chi connectivity index (χ0v) is 14.6. The van der Waals surface area contributed by atoms with E-state index in [0.717, 1.165) is 12.1 Å². The summed E-state index contributed by atoms with van der Waals surface area (Å²) < 4.78 is 29.1. The van der Waals surface area contributed by atoms with Gasteiger partial charge in [-0.1, -0.05) is 0 Å². The van der Waals surface area contributed by atoms with Gasteiger partial charge in [-0.15, -0.1) is 0 Å². The van der Waals surface area contributed by atoms with Crippen LogP contribution in [0.15, 0.2) is 12.1 Å². The highest BCUT2D eigenvalue weighted by molar-refractivity contribution is 5.97. The van der Waals surface area contributed by atoms with Crippen LogP contribution < -0.4 is 4.74 Å². The van der Waals surface area contributed by atoms with E-state index in [2.05, 4.69) is 0 Å². The van der Waals surface area contributed by atoms with E-state index in [9.17, 15) is 18.8 Å². The third-order valence-corrected chi connectivity index (χ3v) is 2.44. The number of carbonyl (C=O) groups is 3. The number of benzene rings is 1. The van der Waals surface area contributed by atoms with Gasteiger partial charge < -0.3 is 14.2 Å². The van der Waals surface area contributed by atoms with Crippen LogP contribution >= 0.6 is 0 Å². The molecule has 6 nitrogen and oxygen atoms in total. The van der Waals surface area contributed by atoms with Gasteiger partial charge >= 0.3 is 12.1 Å². The van der Waals surface area contributed by atoms with Gasteiger partial charge in [0.05, 0.1) is 5.56 Å². The molecule has 0 atom stereocenters. The van der Waals surface area contributed by atoms with Gasteiger partial charge in [0, 0.05) is 0 Å². The predicted molar refractivity (Wildman–Crippen MR) is 83.8 cm³/mol. The van der Waals surface area contributed by atoms with E-state index in [1.807, 2.05) is 0 Å². The number of esters is 1. The summed E-state index contributed by atoms with van der Waals surface area (Å²) in [6.07, 6.45) is -0.825. The summed E-state index contributed by atoms with van der Waals surface area (Å²) >= 11 is 0. The average molecular weight is 340 g/mol. The van der Waals surface area contributed by atoms with Crippen molar-refractivity contribution in [2.24, 2.45) is 0 Å². The molecular weight excluding hydrogens is 319 g/mol. The molecule has 0 fully saturated rings. The Bertz CT molecular complexity index is 652. The van der Waals surface area contributed by atoms with Gasteiger partial charge in [0.25, 0.3) is 0 Å². The molecule has 0 saturated heterocycles. The fourth-order valence-electron chi connectivity index (χ4n) is 1.65. The normalized spacial score (nSPS) is 11.6. The van der Waals surface area contributed by atoms with Crippen LogP contribution in [0.2, 0.25) is 0 Å². The topological polar surface area (TPSA) is 78.9 Å². The van der Waals surface area contributed by atoms with Crippen LogP contribution in [0, 0.1) is 5.82 Å². The minimum atomic E-state index is -1.17. The highest BCUT2D eigenvalue weighted by Crippen LogP contribution is 2.29. The molecule has 0 aliphatic carbocycles. The maximum absolute atomic E-state index is 14.1. The van der Waals surface area contributed by atoms with Gasteiger partial charge in [-0.3, -0.25) is 4.79 Å². The predicted octanol–water partition coefficient (Wildman–Crippen LogP) is 3.91. The Kier molecular flexibility index (Phi) is 5.71. The second-order valence-corrected chi connectivity index (χ2v) is 7.03. The molecular formula is C17H21FO6. The van der Waals surface area contributed by atoms with Crippen molar-refractivity contribution in [2.75, 3.05) is 0 Å².